The summed E-state index contributed by atoms with van der Waals surface area (Å²) in [5.74, 6) is 0.667. The molecule has 0 aromatic rings. The smallest absolute Gasteiger partial charge is 0.225 e. The first kappa shape index (κ1) is 11.9. The number of nitrogens with two attached hydrogens (primary N) is 1. The molecule has 1 aliphatic carbocycles. The first-order chi connectivity index (χ1) is 7.64. The molecule has 0 aromatic heterocycles. The Labute approximate surface area is 98.4 Å². The summed E-state index contributed by atoms with van der Waals surface area (Å²) in [6.45, 7) is 3.66. The zero-order chi connectivity index (χ0) is 11.6. The van der Waals surface area contributed by atoms with E-state index in [1.165, 1.54) is 25.7 Å². The molecular formula is C13H24N2O. The Morgan fingerprint density at radius 3 is 2.31 bits per heavy atom. The van der Waals surface area contributed by atoms with Crippen LogP contribution >= 0.6 is 0 Å². The van der Waals surface area contributed by atoms with Gasteiger partial charge in [0.1, 0.15) is 0 Å². The van der Waals surface area contributed by atoms with Crippen molar-refractivity contribution in [1.82, 2.24) is 4.90 Å². The Morgan fingerprint density at radius 1 is 1.25 bits per heavy atom. The molecule has 1 heterocycles. The van der Waals surface area contributed by atoms with Crippen molar-refractivity contribution in [3.05, 3.63) is 0 Å². The van der Waals surface area contributed by atoms with E-state index in [4.69, 9.17) is 5.73 Å². The van der Waals surface area contributed by atoms with Gasteiger partial charge in [-0.15, -0.1) is 0 Å². The highest BCUT2D eigenvalue weighted by atomic mass is 16.2. The number of likely N-dealkylation sites (tertiary alicyclic amines) is 1. The maximum absolute atomic E-state index is 12.2. The molecule has 2 fully saturated rings. The van der Waals surface area contributed by atoms with Gasteiger partial charge in [-0.25, -0.2) is 0 Å². The second-order valence-corrected chi connectivity index (χ2v) is 5.60. The summed E-state index contributed by atoms with van der Waals surface area (Å²) in [4.78, 5) is 14.2. The predicted octanol–water partition coefficient (Wildman–Crippen LogP) is 1.91. The van der Waals surface area contributed by atoms with E-state index in [0.717, 1.165) is 32.4 Å². The number of hydrogen-bond acceptors (Lipinski definition) is 2. The van der Waals surface area contributed by atoms with Crippen molar-refractivity contribution in [2.75, 3.05) is 13.1 Å². The Bertz CT molecular complexity index is 251. The van der Waals surface area contributed by atoms with Gasteiger partial charge in [0, 0.05) is 19.0 Å². The van der Waals surface area contributed by atoms with Crippen LogP contribution in [-0.4, -0.2) is 29.4 Å². The number of nitrogens with zero attached hydrogens (tertiary/aromatic N) is 1. The Morgan fingerprint density at radius 2 is 1.81 bits per heavy atom. The van der Waals surface area contributed by atoms with Crippen LogP contribution in [0, 0.1) is 5.92 Å². The fourth-order valence-corrected chi connectivity index (χ4v) is 2.88. The van der Waals surface area contributed by atoms with Crippen LogP contribution in [0.3, 0.4) is 0 Å². The number of hydrogen-bond donors (Lipinski definition) is 1. The third-order valence-electron chi connectivity index (χ3n) is 4.23. The van der Waals surface area contributed by atoms with Gasteiger partial charge in [-0.1, -0.05) is 32.6 Å². The summed E-state index contributed by atoms with van der Waals surface area (Å²) in [7, 11) is 0. The Balaban J connectivity index is 1.84. The molecule has 0 atom stereocenters. The molecule has 1 aliphatic heterocycles. The monoisotopic (exact) mass is 224 g/mol. The summed E-state index contributed by atoms with van der Waals surface area (Å²) < 4.78 is 0. The van der Waals surface area contributed by atoms with Crippen LogP contribution < -0.4 is 5.73 Å². The molecule has 2 N–H and O–H groups in total. The maximum atomic E-state index is 12.2. The summed E-state index contributed by atoms with van der Waals surface area (Å²) in [5, 5.41) is 0. The second kappa shape index (κ2) is 4.74. The normalized spacial score (nSPS) is 26.0. The minimum absolute atomic E-state index is 0.0829. The van der Waals surface area contributed by atoms with Gasteiger partial charge < -0.3 is 10.6 Å². The van der Waals surface area contributed by atoms with E-state index in [2.05, 4.69) is 6.92 Å². The topological polar surface area (TPSA) is 46.3 Å². The van der Waals surface area contributed by atoms with Gasteiger partial charge in [0.25, 0.3) is 0 Å². The minimum atomic E-state index is -0.0829. The lowest BCUT2D eigenvalue weighted by Gasteiger charge is -2.48. The molecule has 16 heavy (non-hydrogen) atoms. The largest absolute Gasteiger partial charge is 0.339 e. The van der Waals surface area contributed by atoms with Crippen LogP contribution in [0.4, 0.5) is 0 Å². The van der Waals surface area contributed by atoms with Crippen molar-refractivity contribution in [1.29, 1.82) is 0 Å². The van der Waals surface area contributed by atoms with Crippen molar-refractivity contribution in [2.45, 2.75) is 57.4 Å². The van der Waals surface area contributed by atoms with Crippen molar-refractivity contribution in [2.24, 2.45) is 11.7 Å². The molecule has 0 bridgehead atoms. The molecular weight excluding hydrogens is 200 g/mol. The molecule has 92 valence electrons. The van der Waals surface area contributed by atoms with E-state index in [1.807, 2.05) is 4.90 Å². The highest BCUT2D eigenvalue weighted by Crippen LogP contribution is 2.29. The predicted molar refractivity (Wildman–Crippen MR) is 65.0 cm³/mol. The molecule has 0 aromatic carbocycles. The molecule has 2 aliphatic rings. The highest BCUT2D eigenvalue weighted by molar-refractivity contribution is 5.80. The number of carbonyl (C=O) groups excluding carboxylic acids is 1. The van der Waals surface area contributed by atoms with Crippen LogP contribution in [0.2, 0.25) is 0 Å². The SMILES string of the molecule is CCC1(N)CN(C(=O)C2CCCCCC2)C1. The number of carbonyl (C=O) groups is 1. The minimum Gasteiger partial charge on any atom is -0.339 e. The van der Waals surface area contributed by atoms with Crippen LogP contribution in [0.15, 0.2) is 0 Å². The fourth-order valence-electron chi connectivity index (χ4n) is 2.88. The summed E-state index contributed by atoms with van der Waals surface area (Å²) in [6, 6.07) is 0. The summed E-state index contributed by atoms with van der Waals surface area (Å²) >= 11 is 0. The Hall–Kier alpha value is -0.570. The van der Waals surface area contributed by atoms with Crippen molar-refractivity contribution < 1.29 is 4.79 Å². The molecule has 3 nitrogen and oxygen atoms in total. The average molecular weight is 224 g/mol. The lowest BCUT2D eigenvalue weighted by molar-refractivity contribution is -0.143. The molecule has 3 heteroatoms. The highest BCUT2D eigenvalue weighted by Gasteiger charge is 2.42. The Kier molecular flexibility index (Phi) is 3.53. The molecule has 0 radical (unpaired) electrons. The molecule has 1 saturated carbocycles. The van der Waals surface area contributed by atoms with E-state index in [1.54, 1.807) is 0 Å². The quantitative estimate of drug-likeness (QED) is 0.728. The standard InChI is InChI=1S/C13H24N2O/c1-2-13(14)9-15(10-13)12(16)11-7-5-3-4-6-8-11/h11H,2-10,14H2,1H3. The second-order valence-electron chi connectivity index (χ2n) is 5.60. The van der Waals surface area contributed by atoms with Gasteiger partial charge in [-0.3, -0.25) is 4.79 Å². The van der Waals surface area contributed by atoms with Crippen LogP contribution in [0.1, 0.15) is 51.9 Å². The van der Waals surface area contributed by atoms with Gasteiger partial charge in [0.15, 0.2) is 0 Å². The fraction of sp³-hybridized carbons (Fsp3) is 0.923. The van der Waals surface area contributed by atoms with E-state index in [9.17, 15) is 4.79 Å². The van der Waals surface area contributed by atoms with E-state index in [-0.39, 0.29) is 5.54 Å². The molecule has 2 rings (SSSR count). The molecule has 1 saturated heterocycles. The van der Waals surface area contributed by atoms with Gasteiger partial charge in [-0.05, 0) is 19.3 Å². The van der Waals surface area contributed by atoms with Crippen molar-refractivity contribution in [3.8, 4) is 0 Å². The summed E-state index contributed by atoms with van der Waals surface area (Å²) in [6.07, 6.45) is 8.23. The number of rotatable bonds is 2. The number of amides is 1. The van der Waals surface area contributed by atoms with E-state index >= 15 is 0 Å². The molecule has 0 spiro atoms. The van der Waals surface area contributed by atoms with Gasteiger partial charge in [-0.2, -0.15) is 0 Å². The zero-order valence-corrected chi connectivity index (χ0v) is 10.4. The first-order valence-electron chi connectivity index (χ1n) is 6.72. The van der Waals surface area contributed by atoms with Gasteiger partial charge >= 0.3 is 0 Å². The maximum Gasteiger partial charge on any atom is 0.225 e. The third kappa shape index (κ3) is 2.40. The summed E-state index contributed by atoms with van der Waals surface area (Å²) in [5.41, 5.74) is 6.01. The lowest BCUT2D eigenvalue weighted by Crippen LogP contribution is -2.68. The zero-order valence-electron chi connectivity index (χ0n) is 10.4. The van der Waals surface area contributed by atoms with Crippen molar-refractivity contribution in [3.63, 3.8) is 0 Å². The van der Waals surface area contributed by atoms with Gasteiger partial charge in [0.2, 0.25) is 5.91 Å². The van der Waals surface area contributed by atoms with Gasteiger partial charge in [0.05, 0.1) is 5.54 Å². The van der Waals surface area contributed by atoms with Crippen molar-refractivity contribution >= 4 is 5.91 Å². The molecule has 0 unspecified atom stereocenters. The van der Waals surface area contributed by atoms with E-state index < -0.39 is 0 Å². The van der Waals surface area contributed by atoms with Crippen LogP contribution in [0.5, 0.6) is 0 Å². The lowest BCUT2D eigenvalue weighted by atomic mass is 9.86. The molecule has 1 amide bonds. The first-order valence-corrected chi connectivity index (χ1v) is 6.72. The average Bonchev–Trinajstić information content (AvgIpc) is 2.52. The third-order valence-corrected chi connectivity index (χ3v) is 4.23. The van der Waals surface area contributed by atoms with Crippen LogP contribution in [0.25, 0.3) is 0 Å². The van der Waals surface area contributed by atoms with E-state index in [0.29, 0.717) is 11.8 Å². The van der Waals surface area contributed by atoms with Crippen LogP contribution in [-0.2, 0) is 4.79 Å².